The summed E-state index contributed by atoms with van der Waals surface area (Å²) in [6, 6.07) is 10.1. The number of piperidine rings is 2. The molecule has 0 aliphatic carbocycles. The van der Waals surface area contributed by atoms with Crippen molar-refractivity contribution >= 4 is 11.8 Å². The average Bonchev–Trinajstić information content (AvgIpc) is 2.72. The largest absolute Gasteiger partial charge is 0.338 e. The van der Waals surface area contributed by atoms with Gasteiger partial charge in [0.05, 0.1) is 6.20 Å². The third-order valence-electron chi connectivity index (χ3n) is 5.97. The second-order valence-corrected chi connectivity index (χ2v) is 7.82. The summed E-state index contributed by atoms with van der Waals surface area (Å²) in [4.78, 5) is 46.4. The van der Waals surface area contributed by atoms with Crippen molar-refractivity contribution < 1.29 is 9.59 Å². The van der Waals surface area contributed by atoms with Crippen LogP contribution in [-0.4, -0.2) is 51.2 Å². The standard InChI is InChI=1S/C21H24N4O3/c26-18-13-22-17(12-23-18)20(28)24-10-8-21(9-11-24)7-6-19(27)25(15-21)14-16-4-2-1-3-5-16/h1-5,12-13H,6-11,14-15H2,(H,23,26). The summed E-state index contributed by atoms with van der Waals surface area (Å²) in [7, 11) is 0. The summed E-state index contributed by atoms with van der Waals surface area (Å²) in [5.74, 6) is 0.0598. The normalized spacial score (nSPS) is 19.1. The van der Waals surface area contributed by atoms with Crippen LogP contribution in [0.3, 0.4) is 0 Å². The van der Waals surface area contributed by atoms with E-state index in [0.29, 0.717) is 26.1 Å². The van der Waals surface area contributed by atoms with E-state index in [4.69, 9.17) is 0 Å². The maximum Gasteiger partial charge on any atom is 0.273 e. The fraction of sp³-hybridized carbons (Fsp3) is 0.429. The van der Waals surface area contributed by atoms with Gasteiger partial charge in [0.15, 0.2) is 0 Å². The lowest BCUT2D eigenvalue weighted by Crippen LogP contribution is -2.52. The quantitative estimate of drug-likeness (QED) is 0.880. The van der Waals surface area contributed by atoms with Gasteiger partial charge >= 0.3 is 0 Å². The van der Waals surface area contributed by atoms with Crippen LogP contribution in [-0.2, 0) is 11.3 Å². The molecule has 1 N–H and O–H groups in total. The molecule has 0 atom stereocenters. The molecule has 2 aromatic rings. The Labute approximate surface area is 163 Å². The number of nitrogens with one attached hydrogen (secondary N) is 1. The number of aromatic nitrogens is 2. The lowest BCUT2D eigenvalue weighted by Gasteiger charge is -2.47. The van der Waals surface area contributed by atoms with Gasteiger partial charge in [-0.05, 0) is 30.2 Å². The summed E-state index contributed by atoms with van der Waals surface area (Å²) in [6.07, 6.45) is 5.71. The molecule has 2 aliphatic heterocycles. The molecular formula is C21H24N4O3. The van der Waals surface area contributed by atoms with E-state index < -0.39 is 0 Å². The van der Waals surface area contributed by atoms with Crippen LogP contribution >= 0.6 is 0 Å². The van der Waals surface area contributed by atoms with Crippen molar-refractivity contribution in [2.45, 2.75) is 32.2 Å². The number of likely N-dealkylation sites (tertiary alicyclic amines) is 2. The molecule has 0 unspecified atom stereocenters. The minimum absolute atomic E-state index is 0.0812. The molecule has 0 bridgehead atoms. The van der Waals surface area contributed by atoms with E-state index in [1.807, 2.05) is 35.2 Å². The number of amides is 2. The van der Waals surface area contributed by atoms with E-state index in [1.54, 1.807) is 4.90 Å². The number of carbonyl (C=O) groups is 2. The number of hydrogen-bond acceptors (Lipinski definition) is 4. The highest BCUT2D eigenvalue weighted by atomic mass is 16.2. The molecule has 2 saturated heterocycles. The van der Waals surface area contributed by atoms with Crippen molar-refractivity contribution in [3.63, 3.8) is 0 Å². The second kappa shape index (κ2) is 7.58. The third kappa shape index (κ3) is 3.83. The first-order valence-electron chi connectivity index (χ1n) is 9.70. The Bertz CT molecular complexity index is 896. The maximum atomic E-state index is 12.6. The van der Waals surface area contributed by atoms with Crippen molar-refractivity contribution in [2.24, 2.45) is 5.41 Å². The molecule has 2 amide bonds. The zero-order chi connectivity index (χ0) is 19.6. The molecule has 3 heterocycles. The molecule has 7 heteroatoms. The SMILES string of the molecule is O=C1CCC2(CCN(C(=O)c3c[nH]c(=O)cn3)CC2)CN1Cc1ccccc1. The molecule has 0 saturated carbocycles. The Morgan fingerprint density at radius 2 is 1.86 bits per heavy atom. The van der Waals surface area contributed by atoms with Gasteiger partial charge < -0.3 is 14.8 Å². The molecule has 1 aromatic carbocycles. The first-order chi connectivity index (χ1) is 13.5. The molecule has 4 rings (SSSR count). The Kier molecular flexibility index (Phi) is 4.98. The van der Waals surface area contributed by atoms with Crippen LogP contribution in [0.25, 0.3) is 0 Å². The third-order valence-corrected chi connectivity index (χ3v) is 5.97. The van der Waals surface area contributed by atoms with Gasteiger partial charge in [-0.15, -0.1) is 0 Å². The summed E-state index contributed by atoms with van der Waals surface area (Å²) in [6.45, 7) is 2.69. The minimum atomic E-state index is -0.320. The molecule has 0 radical (unpaired) electrons. The first-order valence-corrected chi connectivity index (χ1v) is 9.70. The summed E-state index contributed by atoms with van der Waals surface area (Å²) < 4.78 is 0. The average molecular weight is 380 g/mol. The number of H-pyrrole nitrogens is 1. The summed E-state index contributed by atoms with van der Waals surface area (Å²) in [5, 5.41) is 0. The van der Waals surface area contributed by atoms with Crippen LogP contribution in [0.15, 0.2) is 47.5 Å². The van der Waals surface area contributed by atoms with Crippen LogP contribution < -0.4 is 5.56 Å². The monoisotopic (exact) mass is 380 g/mol. The Morgan fingerprint density at radius 3 is 2.54 bits per heavy atom. The molecule has 28 heavy (non-hydrogen) atoms. The van der Waals surface area contributed by atoms with Gasteiger partial charge in [0.1, 0.15) is 5.69 Å². The number of benzene rings is 1. The lowest BCUT2D eigenvalue weighted by atomic mass is 9.72. The van der Waals surface area contributed by atoms with Crippen molar-refractivity contribution in [3.05, 3.63) is 64.3 Å². The van der Waals surface area contributed by atoms with E-state index >= 15 is 0 Å². The molecule has 1 spiro atoms. The smallest absolute Gasteiger partial charge is 0.273 e. The van der Waals surface area contributed by atoms with E-state index in [0.717, 1.165) is 37.6 Å². The van der Waals surface area contributed by atoms with Gasteiger partial charge in [0.25, 0.3) is 11.5 Å². The highest BCUT2D eigenvalue weighted by Crippen LogP contribution is 2.40. The molecule has 146 valence electrons. The number of hydrogen-bond donors (Lipinski definition) is 1. The van der Waals surface area contributed by atoms with E-state index in [9.17, 15) is 14.4 Å². The van der Waals surface area contributed by atoms with Crippen LogP contribution in [0.2, 0.25) is 0 Å². The second-order valence-electron chi connectivity index (χ2n) is 7.82. The molecule has 7 nitrogen and oxygen atoms in total. The van der Waals surface area contributed by atoms with E-state index in [-0.39, 0.29) is 28.5 Å². The summed E-state index contributed by atoms with van der Waals surface area (Å²) in [5.41, 5.74) is 1.17. The zero-order valence-electron chi connectivity index (χ0n) is 15.8. The van der Waals surface area contributed by atoms with E-state index in [1.165, 1.54) is 6.20 Å². The van der Waals surface area contributed by atoms with Crippen molar-refractivity contribution in [3.8, 4) is 0 Å². The van der Waals surface area contributed by atoms with Gasteiger partial charge in [0, 0.05) is 38.8 Å². The Hall–Kier alpha value is -2.96. The predicted octanol–water partition coefficient (Wildman–Crippen LogP) is 1.81. The predicted molar refractivity (Wildman–Crippen MR) is 104 cm³/mol. The highest BCUT2D eigenvalue weighted by molar-refractivity contribution is 5.92. The number of aromatic amines is 1. The highest BCUT2D eigenvalue weighted by Gasteiger charge is 2.41. The number of carbonyl (C=O) groups excluding carboxylic acids is 2. The number of nitrogens with zero attached hydrogens (tertiary/aromatic N) is 3. The topological polar surface area (TPSA) is 86.4 Å². The van der Waals surface area contributed by atoms with Crippen LogP contribution in [0, 0.1) is 5.41 Å². The molecule has 1 aromatic heterocycles. The lowest BCUT2D eigenvalue weighted by molar-refractivity contribution is -0.139. The fourth-order valence-electron chi connectivity index (χ4n) is 4.26. The molecular weight excluding hydrogens is 356 g/mol. The maximum absolute atomic E-state index is 12.6. The van der Waals surface area contributed by atoms with Gasteiger partial charge in [-0.3, -0.25) is 14.4 Å². The van der Waals surface area contributed by atoms with Crippen molar-refractivity contribution in [2.75, 3.05) is 19.6 Å². The van der Waals surface area contributed by atoms with Gasteiger partial charge in [-0.2, -0.15) is 0 Å². The van der Waals surface area contributed by atoms with Crippen LogP contribution in [0.4, 0.5) is 0 Å². The van der Waals surface area contributed by atoms with Gasteiger partial charge in [0.2, 0.25) is 5.91 Å². The van der Waals surface area contributed by atoms with Crippen molar-refractivity contribution in [1.82, 2.24) is 19.8 Å². The van der Waals surface area contributed by atoms with Crippen LogP contribution in [0.1, 0.15) is 41.7 Å². The number of rotatable bonds is 3. The summed E-state index contributed by atoms with van der Waals surface area (Å²) >= 11 is 0. The molecule has 2 fully saturated rings. The minimum Gasteiger partial charge on any atom is -0.338 e. The first kappa shape index (κ1) is 18.4. The van der Waals surface area contributed by atoms with Crippen LogP contribution in [0.5, 0.6) is 0 Å². The Balaban J connectivity index is 1.40. The molecule has 2 aliphatic rings. The fourth-order valence-corrected chi connectivity index (χ4v) is 4.26. The van der Waals surface area contributed by atoms with Crippen molar-refractivity contribution in [1.29, 1.82) is 0 Å². The Morgan fingerprint density at radius 1 is 1.11 bits per heavy atom. The zero-order valence-corrected chi connectivity index (χ0v) is 15.8. The van der Waals surface area contributed by atoms with Gasteiger partial charge in [-0.1, -0.05) is 30.3 Å². The van der Waals surface area contributed by atoms with E-state index in [2.05, 4.69) is 9.97 Å². The van der Waals surface area contributed by atoms with Gasteiger partial charge in [-0.25, -0.2) is 4.98 Å².